The zero-order valence-electron chi connectivity index (χ0n) is 11.5. The number of aliphatic hydroxyl groups excluding tert-OH is 1. The van der Waals surface area contributed by atoms with Crippen molar-refractivity contribution in [3.8, 4) is 0 Å². The second-order valence-corrected chi connectivity index (χ2v) is 5.09. The molecule has 2 heteroatoms. The zero-order chi connectivity index (χ0) is 13.5. The standard InChI is InChI=1S/C16H23FO/c1-4-12(2)11-13(3)5-10-16(18)14-6-8-15(17)9-7-14/h4,6-9,13,16,18H,5,10-11H2,1-3H3/b12-4+. The molecule has 0 aliphatic heterocycles. The van der Waals surface area contributed by atoms with Crippen molar-refractivity contribution in [3.63, 3.8) is 0 Å². The largest absolute Gasteiger partial charge is 0.388 e. The van der Waals surface area contributed by atoms with Crippen molar-refractivity contribution >= 4 is 0 Å². The average molecular weight is 250 g/mol. The van der Waals surface area contributed by atoms with Crippen LogP contribution in [0.15, 0.2) is 35.9 Å². The normalized spacial score (nSPS) is 15.5. The van der Waals surface area contributed by atoms with Gasteiger partial charge < -0.3 is 5.11 Å². The van der Waals surface area contributed by atoms with Crippen LogP contribution in [0.25, 0.3) is 0 Å². The highest BCUT2D eigenvalue weighted by molar-refractivity contribution is 5.18. The van der Waals surface area contributed by atoms with Crippen molar-refractivity contribution in [3.05, 3.63) is 47.3 Å². The molecule has 0 saturated heterocycles. The van der Waals surface area contributed by atoms with Gasteiger partial charge in [-0.25, -0.2) is 4.39 Å². The Morgan fingerprint density at radius 3 is 2.44 bits per heavy atom. The van der Waals surface area contributed by atoms with Crippen molar-refractivity contribution in [2.24, 2.45) is 5.92 Å². The molecule has 0 bridgehead atoms. The molecule has 0 heterocycles. The van der Waals surface area contributed by atoms with Gasteiger partial charge in [0.05, 0.1) is 6.10 Å². The van der Waals surface area contributed by atoms with E-state index in [0.717, 1.165) is 24.8 Å². The van der Waals surface area contributed by atoms with Gasteiger partial charge in [0.1, 0.15) is 5.82 Å². The van der Waals surface area contributed by atoms with Gasteiger partial charge in [0, 0.05) is 0 Å². The predicted molar refractivity (Wildman–Crippen MR) is 73.8 cm³/mol. The molecule has 1 rings (SSSR count). The maximum atomic E-state index is 12.8. The Bertz CT molecular complexity index is 381. The van der Waals surface area contributed by atoms with Crippen molar-refractivity contribution < 1.29 is 9.50 Å². The number of halogens is 1. The molecular weight excluding hydrogens is 227 g/mol. The number of aliphatic hydroxyl groups is 1. The molecule has 0 aliphatic rings. The molecule has 0 fully saturated rings. The molecule has 100 valence electrons. The van der Waals surface area contributed by atoms with Crippen molar-refractivity contribution in [2.75, 3.05) is 0 Å². The third-order valence-corrected chi connectivity index (χ3v) is 3.35. The SMILES string of the molecule is C/C=C(\C)CC(C)CCC(O)c1ccc(F)cc1. The van der Waals surface area contributed by atoms with Crippen LogP contribution in [0.5, 0.6) is 0 Å². The van der Waals surface area contributed by atoms with Crippen molar-refractivity contribution in [1.82, 2.24) is 0 Å². The molecule has 2 atom stereocenters. The highest BCUT2D eigenvalue weighted by Crippen LogP contribution is 2.23. The van der Waals surface area contributed by atoms with Crippen molar-refractivity contribution in [2.45, 2.75) is 46.1 Å². The molecule has 1 aromatic rings. The highest BCUT2D eigenvalue weighted by Gasteiger charge is 2.10. The average Bonchev–Trinajstić information content (AvgIpc) is 2.36. The minimum Gasteiger partial charge on any atom is -0.388 e. The molecule has 0 radical (unpaired) electrons. The summed E-state index contributed by atoms with van der Waals surface area (Å²) in [6.07, 6.45) is 4.42. The van der Waals surface area contributed by atoms with Crippen LogP contribution in [0.4, 0.5) is 4.39 Å². The first kappa shape index (κ1) is 14.9. The summed E-state index contributed by atoms with van der Waals surface area (Å²) in [7, 11) is 0. The fourth-order valence-corrected chi connectivity index (χ4v) is 2.06. The summed E-state index contributed by atoms with van der Waals surface area (Å²) in [6.45, 7) is 6.38. The first-order chi connectivity index (χ1) is 8.52. The Labute approximate surface area is 109 Å². The van der Waals surface area contributed by atoms with Gasteiger partial charge in [-0.15, -0.1) is 0 Å². The second kappa shape index (κ2) is 7.32. The van der Waals surface area contributed by atoms with E-state index in [1.807, 2.05) is 0 Å². The third-order valence-electron chi connectivity index (χ3n) is 3.35. The van der Waals surface area contributed by atoms with E-state index in [1.165, 1.54) is 17.7 Å². The molecule has 0 saturated carbocycles. The lowest BCUT2D eigenvalue weighted by Crippen LogP contribution is -2.02. The van der Waals surface area contributed by atoms with Crippen LogP contribution in [0, 0.1) is 11.7 Å². The lowest BCUT2D eigenvalue weighted by Gasteiger charge is -2.15. The van der Waals surface area contributed by atoms with Crippen LogP contribution >= 0.6 is 0 Å². The molecule has 0 spiro atoms. The second-order valence-electron chi connectivity index (χ2n) is 5.09. The van der Waals surface area contributed by atoms with Gasteiger partial charge in [-0.1, -0.05) is 30.7 Å². The van der Waals surface area contributed by atoms with Gasteiger partial charge in [0.25, 0.3) is 0 Å². The van der Waals surface area contributed by atoms with E-state index in [-0.39, 0.29) is 5.82 Å². The molecular formula is C16H23FO. The minimum atomic E-state index is -0.487. The predicted octanol–water partition coefficient (Wildman–Crippen LogP) is 4.63. The molecule has 1 nitrogen and oxygen atoms in total. The van der Waals surface area contributed by atoms with Gasteiger partial charge in [-0.05, 0) is 56.7 Å². The summed E-state index contributed by atoms with van der Waals surface area (Å²) < 4.78 is 12.8. The van der Waals surface area contributed by atoms with E-state index in [1.54, 1.807) is 12.1 Å². The van der Waals surface area contributed by atoms with Gasteiger partial charge in [-0.3, -0.25) is 0 Å². The summed E-state index contributed by atoms with van der Waals surface area (Å²) in [5, 5.41) is 10.0. The third kappa shape index (κ3) is 5.01. The molecule has 18 heavy (non-hydrogen) atoms. The van der Waals surface area contributed by atoms with Crippen LogP contribution in [-0.4, -0.2) is 5.11 Å². The van der Waals surface area contributed by atoms with Gasteiger partial charge >= 0.3 is 0 Å². The maximum Gasteiger partial charge on any atom is 0.123 e. The van der Waals surface area contributed by atoms with E-state index >= 15 is 0 Å². The van der Waals surface area contributed by atoms with Crippen molar-refractivity contribution in [1.29, 1.82) is 0 Å². The van der Waals surface area contributed by atoms with E-state index in [9.17, 15) is 9.50 Å². The van der Waals surface area contributed by atoms with E-state index in [2.05, 4.69) is 26.8 Å². The monoisotopic (exact) mass is 250 g/mol. The maximum absolute atomic E-state index is 12.8. The number of rotatable bonds is 6. The summed E-state index contributed by atoms with van der Waals surface area (Å²) in [4.78, 5) is 0. The van der Waals surface area contributed by atoms with Crippen LogP contribution in [0.1, 0.15) is 51.7 Å². The molecule has 1 aromatic carbocycles. The van der Waals surface area contributed by atoms with Gasteiger partial charge in [0.15, 0.2) is 0 Å². The van der Waals surface area contributed by atoms with Gasteiger partial charge in [-0.2, -0.15) is 0 Å². The summed E-state index contributed by atoms with van der Waals surface area (Å²) >= 11 is 0. The fraction of sp³-hybridized carbons (Fsp3) is 0.500. The molecule has 2 unspecified atom stereocenters. The van der Waals surface area contributed by atoms with Crippen LogP contribution < -0.4 is 0 Å². The summed E-state index contributed by atoms with van der Waals surface area (Å²) in [5.74, 6) is 0.305. The summed E-state index contributed by atoms with van der Waals surface area (Å²) in [6, 6.07) is 6.10. The zero-order valence-corrected chi connectivity index (χ0v) is 11.5. The number of allylic oxidation sites excluding steroid dienone is 2. The molecule has 0 aromatic heterocycles. The summed E-state index contributed by atoms with van der Waals surface area (Å²) in [5.41, 5.74) is 2.19. The number of benzene rings is 1. The number of hydrogen-bond acceptors (Lipinski definition) is 1. The first-order valence-electron chi connectivity index (χ1n) is 6.58. The minimum absolute atomic E-state index is 0.261. The molecule has 1 N–H and O–H groups in total. The fourth-order valence-electron chi connectivity index (χ4n) is 2.06. The van der Waals surface area contributed by atoms with Crippen LogP contribution in [0.3, 0.4) is 0 Å². The van der Waals surface area contributed by atoms with E-state index < -0.39 is 6.10 Å². The number of hydrogen-bond donors (Lipinski definition) is 1. The quantitative estimate of drug-likeness (QED) is 0.730. The Morgan fingerprint density at radius 2 is 1.89 bits per heavy atom. The topological polar surface area (TPSA) is 20.2 Å². The van der Waals surface area contributed by atoms with Crippen LogP contribution in [-0.2, 0) is 0 Å². The highest BCUT2D eigenvalue weighted by atomic mass is 19.1. The Hall–Kier alpha value is -1.15. The Balaban J connectivity index is 2.41. The van der Waals surface area contributed by atoms with E-state index in [0.29, 0.717) is 5.92 Å². The molecule has 0 aliphatic carbocycles. The lowest BCUT2D eigenvalue weighted by atomic mass is 9.94. The first-order valence-corrected chi connectivity index (χ1v) is 6.58. The molecule has 0 amide bonds. The Morgan fingerprint density at radius 1 is 1.28 bits per heavy atom. The van der Waals surface area contributed by atoms with E-state index in [4.69, 9.17) is 0 Å². The smallest absolute Gasteiger partial charge is 0.123 e. The van der Waals surface area contributed by atoms with Crippen LogP contribution in [0.2, 0.25) is 0 Å². The van der Waals surface area contributed by atoms with Gasteiger partial charge in [0.2, 0.25) is 0 Å². The lowest BCUT2D eigenvalue weighted by molar-refractivity contribution is 0.158. The Kier molecular flexibility index (Phi) is 6.06.